The number of carbonyl (C=O) groups is 3. The summed E-state index contributed by atoms with van der Waals surface area (Å²) in [6.07, 6.45) is 4.73. The number of hydrogen-bond acceptors (Lipinski definition) is 5. The van der Waals surface area contributed by atoms with Crippen molar-refractivity contribution in [1.29, 1.82) is 0 Å². The third-order valence-corrected chi connectivity index (χ3v) is 3.98. The smallest absolute Gasteiger partial charge is 0.269 e. The van der Waals surface area contributed by atoms with Gasteiger partial charge in [0.2, 0.25) is 5.91 Å². The fourth-order valence-corrected chi connectivity index (χ4v) is 2.63. The van der Waals surface area contributed by atoms with Gasteiger partial charge in [0.25, 0.3) is 11.8 Å². The Labute approximate surface area is 144 Å². The van der Waals surface area contributed by atoms with E-state index in [0.29, 0.717) is 18.7 Å². The first-order valence-corrected chi connectivity index (χ1v) is 7.76. The van der Waals surface area contributed by atoms with Gasteiger partial charge in [0.15, 0.2) is 0 Å². The summed E-state index contributed by atoms with van der Waals surface area (Å²) in [6.45, 7) is 0.807. The van der Waals surface area contributed by atoms with Gasteiger partial charge in [-0.2, -0.15) is 5.10 Å². The zero-order valence-corrected chi connectivity index (χ0v) is 14.0. The van der Waals surface area contributed by atoms with E-state index in [4.69, 9.17) is 0 Å². The maximum Gasteiger partial charge on any atom is 0.269 e. The summed E-state index contributed by atoms with van der Waals surface area (Å²) in [5.41, 5.74) is 1.29. The second-order valence-electron chi connectivity index (χ2n) is 5.66. The Bertz CT molecular complexity index is 814. The van der Waals surface area contributed by atoms with Crippen LogP contribution in [0.3, 0.4) is 0 Å². The molecular formula is C16H18N6O3. The Morgan fingerprint density at radius 2 is 2.00 bits per heavy atom. The van der Waals surface area contributed by atoms with Gasteiger partial charge >= 0.3 is 0 Å². The van der Waals surface area contributed by atoms with Gasteiger partial charge in [-0.05, 0) is 12.1 Å². The minimum Gasteiger partial charge on any atom is -0.354 e. The lowest BCUT2D eigenvalue weighted by atomic mass is 10.2. The van der Waals surface area contributed by atoms with Gasteiger partial charge in [-0.15, -0.1) is 0 Å². The fourth-order valence-electron chi connectivity index (χ4n) is 2.63. The Morgan fingerprint density at radius 1 is 1.20 bits per heavy atom. The SMILES string of the molecule is CNC(=O)c1ccc(C(=O)N2CCN(c3cnn(C)c3)C(=O)C2)cn1. The number of hydrogen-bond donors (Lipinski definition) is 1. The molecule has 2 aromatic heterocycles. The molecule has 1 aliphatic heterocycles. The molecule has 3 heterocycles. The van der Waals surface area contributed by atoms with Crippen molar-refractivity contribution in [2.75, 3.05) is 31.6 Å². The van der Waals surface area contributed by atoms with E-state index in [9.17, 15) is 14.4 Å². The summed E-state index contributed by atoms with van der Waals surface area (Å²) in [5, 5.41) is 6.53. The lowest BCUT2D eigenvalue weighted by molar-refractivity contribution is -0.120. The number of amides is 3. The summed E-state index contributed by atoms with van der Waals surface area (Å²) in [4.78, 5) is 43.5. The molecule has 9 heteroatoms. The molecule has 0 aliphatic carbocycles. The Morgan fingerprint density at radius 3 is 2.56 bits per heavy atom. The van der Waals surface area contributed by atoms with Crippen molar-refractivity contribution in [2.45, 2.75) is 0 Å². The van der Waals surface area contributed by atoms with Crippen LogP contribution >= 0.6 is 0 Å². The molecule has 0 atom stereocenters. The number of rotatable bonds is 3. The van der Waals surface area contributed by atoms with E-state index >= 15 is 0 Å². The van der Waals surface area contributed by atoms with Crippen molar-refractivity contribution in [2.24, 2.45) is 7.05 Å². The molecule has 0 unspecified atom stereocenters. The van der Waals surface area contributed by atoms with Crippen molar-refractivity contribution in [3.8, 4) is 0 Å². The fraction of sp³-hybridized carbons (Fsp3) is 0.312. The van der Waals surface area contributed by atoms with Crippen LogP contribution in [0.5, 0.6) is 0 Å². The van der Waals surface area contributed by atoms with Gasteiger partial charge in [-0.3, -0.25) is 24.0 Å². The van der Waals surface area contributed by atoms with Crippen LogP contribution in [0.2, 0.25) is 0 Å². The maximum atomic E-state index is 12.5. The summed E-state index contributed by atoms with van der Waals surface area (Å²) in [6, 6.07) is 3.03. The molecule has 1 N–H and O–H groups in total. The number of nitrogens with zero attached hydrogens (tertiary/aromatic N) is 5. The second kappa shape index (κ2) is 6.71. The van der Waals surface area contributed by atoms with Gasteiger partial charge < -0.3 is 15.1 Å². The van der Waals surface area contributed by atoms with Crippen molar-refractivity contribution >= 4 is 23.4 Å². The maximum absolute atomic E-state index is 12.5. The monoisotopic (exact) mass is 342 g/mol. The summed E-state index contributed by atoms with van der Waals surface area (Å²) >= 11 is 0. The Balaban J connectivity index is 1.68. The molecule has 0 radical (unpaired) electrons. The number of aryl methyl sites for hydroxylation is 1. The lowest BCUT2D eigenvalue weighted by Gasteiger charge is -2.33. The molecule has 1 saturated heterocycles. The van der Waals surface area contributed by atoms with E-state index in [-0.39, 0.29) is 30.0 Å². The first-order valence-electron chi connectivity index (χ1n) is 7.76. The van der Waals surface area contributed by atoms with Crippen molar-refractivity contribution in [3.63, 3.8) is 0 Å². The van der Waals surface area contributed by atoms with Gasteiger partial charge in [0.05, 0.1) is 17.4 Å². The lowest BCUT2D eigenvalue weighted by Crippen LogP contribution is -2.52. The van der Waals surface area contributed by atoms with E-state index in [0.717, 1.165) is 5.69 Å². The molecule has 3 amide bonds. The van der Waals surface area contributed by atoms with Crippen LogP contribution in [0.4, 0.5) is 5.69 Å². The van der Waals surface area contributed by atoms with Crippen LogP contribution in [0.1, 0.15) is 20.8 Å². The van der Waals surface area contributed by atoms with E-state index in [1.165, 1.54) is 30.3 Å². The molecule has 1 aliphatic rings. The molecular weight excluding hydrogens is 324 g/mol. The first-order chi connectivity index (χ1) is 12.0. The summed E-state index contributed by atoms with van der Waals surface area (Å²) in [5.74, 6) is -0.767. The number of pyridine rings is 1. The van der Waals surface area contributed by atoms with Crippen LogP contribution in [-0.2, 0) is 11.8 Å². The number of carbonyl (C=O) groups excluding carboxylic acids is 3. The quantitative estimate of drug-likeness (QED) is 0.823. The standard InChI is InChI=1S/C16H18N6O3/c1-17-15(24)13-4-3-11(7-18-13)16(25)21-5-6-22(14(23)10-21)12-8-19-20(2)9-12/h3-4,7-9H,5-6,10H2,1-2H3,(H,17,24). The summed E-state index contributed by atoms with van der Waals surface area (Å²) < 4.78 is 1.62. The highest BCUT2D eigenvalue weighted by atomic mass is 16.2. The summed E-state index contributed by atoms with van der Waals surface area (Å²) in [7, 11) is 3.29. The molecule has 2 aromatic rings. The minimum atomic E-state index is -0.320. The predicted octanol–water partition coefficient (Wildman–Crippen LogP) is -0.336. The van der Waals surface area contributed by atoms with Crippen molar-refractivity contribution in [1.82, 2.24) is 25.0 Å². The predicted molar refractivity (Wildman–Crippen MR) is 89.1 cm³/mol. The third-order valence-electron chi connectivity index (χ3n) is 3.98. The van der Waals surface area contributed by atoms with Crippen LogP contribution < -0.4 is 10.2 Å². The van der Waals surface area contributed by atoms with Crippen LogP contribution in [0.15, 0.2) is 30.7 Å². The van der Waals surface area contributed by atoms with Gasteiger partial charge in [-0.25, -0.2) is 0 Å². The van der Waals surface area contributed by atoms with Gasteiger partial charge in [-0.1, -0.05) is 0 Å². The molecule has 9 nitrogen and oxygen atoms in total. The van der Waals surface area contributed by atoms with Gasteiger partial charge in [0.1, 0.15) is 12.2 Å². The molecule has 1 fully saturated rings. The molecule has 25 heavy (non-hydrogen) atoms. The molecule has 0 saturated carbocycles. The number of anilines is 1. The Kier molecular flexibility index (Phi) is 4.46. The third kappa shape index (κ3) is 3.35. The largest absolute Gasteiger partial charge is 0.354 e. The topological polar surface area (TPSA) is 100 Å². The van der Waals surface area contributed by atoms with Crippen molar-refractivity contribution < 1.29 is 14.4 Å². The van der Waals surface area contributed by atoms with E-state index in [2.05, 4.69) is 15.4 Å². The molecule has 0 aromatic carbocycles. The highest BCUT2D eigenvalue weighted by molar-refractivity contribution is 6.01. The molecule has 0 bridgehead atoms. The molecule has 130 valence electrons. The van der Waals surface area contributed by atoms with Crippen LogP contribution in [0.25, 0.3) is 0 Å². The van der Waals surface area contributed by atoms with Crippen LogP contribution in [0, 0.1) is 0 Å². The van der Waals surface area contributed by atoms with Crippen LogP contribution in [-0.4, -0.2) is 64.1 Å². The normalized spacial score (nSPS) is 14.6. The minimum absolute atomic E-state index is 0.00900. The second-order valence-corrected chi connectivity index (χ2v) is 5.66. The van der Waals surface area contributed by atoms with Crippen molar-refractivity contribution in [3.05, 3.63) is 42.0 Å². The van der Waals surface area contributed by atoms with E-state index in [1.54, 1.807) is 29.0 Å². The first kappa shape index (κ1) is 16.6. The zero-order valence-electron chi connectivity index (χ0n) is 14.0. The highest BCUT2D eigenvalue weighted by Gasteiger charge is 2.29. The highest BCUT2D eigenvalue weighted by Crippen LogP contribution is 2.17. The Hall–Kier alpha value is -3.23. The van der Waals surface area contributed by atoms with Gasteiger partial charge in [0, 0.05) is 39.6 Å². The average Bonchev–Trinajstić information content (AvgIpc) is 3.06. The van der Waals surface area contributed by atoms with E-state index in [1.807, 2.05) is 0 Å². The molecule has 0 spiro atoms. The average molecular weight is 342 g/mol. The number of nitrogens with one attached hydrogen (secondary N) is 1. The zero-order chi connectivity index (χ0) is 18.0. The van der Waals surface area contributed by atoms with E-state index < -0.39 is 0 Å². The number of aromatic nitrogens is 3. The molecule has 3 rings (SSSR count). The number of piperazine rings is 1.